The first-order valence-corrected chi connectivity index (χ1v) is 7.05. The molecule has 5 nitrogen and oxygen atoms in total. The van der Waals surface area contributed by atoms with E-state index in [9.17, 15) is 4.79 Å². The fourth-order valence-corrected chi connectivity index (χ4v) is 2.48. The first-order valence-electron chi connectivity index (χ1n) is 7.05. The van der Waals surface area contributed by atoms with Gasteiger partial charge in [-0.3, -0.25) is 9.69 Å². The van der Waals surface area contributed by atoms with Gasteiger partial charge in [0.15, 0.2) is 0 Å². The van der Waals surface area contributed by atoms with Crippen LogP contribution in [0.3, 0.4) is 0 Å². The van der Waals surface area contributed by atoms with Gasteiger partial charge >= 0.3 is 0 Å². The van der Waals surface area contributed by atoms with Gasteiger partial charge in [-0.2, -0.15) is 5.26 Å². The van der Waals surface area contributed by atoms with Crippen LogP contribution in [0.5, 0.6) is 0 Å². The maximum Gasteiger partial charge on any atom is 0.242 e. The van der Waals surface area contributed by atoms with E-state index in [1.807, 2.05) is 32.6 Å². The van der Waals surface area contributed by atoms with Gasteiger partial charge in [0.1, 0.15) is 0 Å². The highest BCUT2D eigenvalue weighted by molar-refractivity contribution is 5.85. The molecule has 1 fully saturated rings. The number of hydrogen-bond acceptors (Lipinski definition) is 4. The van der Waals surface area contributed by atoms with Gasteiger partial charge in [0, 0.05) is 38.8 Å². The molecule has 1 N–H and O–H groups in total. The Labute approximate surface area is 116 Å². The van der Waals surface area contributed by atoms with Crippen LogP contribution in [-0.4, -0.2) is 60.0 Å². The molecule has 1 saturated heterocycles. The summed E-state index contributed by atoms with van der Waals surface area (Å²) in [4.78, 5) is 16.8. The van der Waals surface area contributed by atoms with Crippen LogP contribution < -0.4 is 5.32 Å². The van der Waals surface area contributed by atoms with Crippen LogP contribution in [0.2, 0.25) is 0 Å². The van der Waals surface area contributed by atoms with Gasteiger partial charge in [-0.05, 0) is 27.7 Å². The average Bonchev–Trinajstić information content (AvgIpc) is 2.39. The third kappa shape index (κ3) is 3.92. The minimum Gasteiger partial charge on any atom is -0.338 e. The maximum atomic E-state index is 12.8. The predicted octanol–water partition coefficient (Wildman–Crippen LogP) is 0.821. The van der Waals surface area contributed by atoms with E-state index in [1.165, 1.54) is 0 Å². The molecule has 19 heavy (non-hydrogen) atoms. The molecule has 0 spiro atoms. The van der Waals surface area contributed by atoms with E-state index in [4.69, 9.17) is 5.26 Å². The van der Waals surface area contributed by atoms with E-state index in [0.29, 0.717) is 13.0 Å². The second-order valence-electron chi connectivity index (χ2n) is 5.80. The van der Waals surface area contributed by atoms with E-state index >= 15 is 0 Å². The van der Waals surface area contributed by atoms with Crippen LogP contribution in [0.4, 0.5) is 0 Å². The number of nitriles is 1. The molecule has 1 heterocycles. The summed E-state index contributed by atoms with van der Waals surface area (Å²) in [6, 6.07) is 2.25. The first kappa shape index (κ1) is 15.9. The quantitative estimate of drug-likeness (QED) is 0.800. The van der Waals surface area contributed by atoms with Crippen molar-refractivity contribution in [2.75, 3.05) is 32.7 Å². The zero-order valence-corrected chi connectivity index (χ0v) is 12.6. The minimum atomic E-state index is -0.498. The van der Waals surface area contributed by atoms with Gasteiger partial charge in [-0.25, -0.2) is 0 Å². The summed E-state index contributed by atoms with van der Waals surface area (Å²) in [6.07, 6.45) is 0.390. The Morgan fingerprint density at radius 3 is 2.47 bits per heavy atom. The third-order valence-electron chi connectivity index (χ3n) is 3.78. The van der Waals surface area contributed by atoms with Gasteiger partial charge in [0.2, 0.25) is 5.91 Å². The lowest BCUT2D eigenvalue weighted by molar-refractivity contribution is -0.145. The van der Waals surface area contributed by atoms with Gasteiger partial charge in [-0.15, -0.1) is 0 Å². The highest BCUT2D eigenvalue weighted by atomic mass is 16.2. The van der Waals surface area contributed by atoms with Crippen molar-refractivity contribution in [2.45, 2.75) is 45.7 Å². The van der Waals surface area contributed by atoms with Crippen LogP contribution in [-0.2, 0) is 4.79 Å². The standard InChI is InChI=1S/C14H26N4O/c1-12(2)18(9-5-6-15)13(19)14(3,4)17-10-7-16-8-11-17/h12,16H,5,7-11H2,1-4H3. The van der Waals surface area contributed by atoms with Gasteiger partial charge in [0.05, 0.1) is 18.0 Å². The van der Waals surface area contributed by atoms with Crippen molar-refractivity contribution in [1.29, 1.82) is 5.26 Å². The number of carbonyl (C=O) groups is 1. The lowest BCUT2D eigenvalue weighted by Crippen LogP contribution is -2.61. The molecular formula is C14H26N4O. The monoisotopic (exact) mass is 266 g/mol. The van der Waals surface area contributed by atoms with E-state index in [-0.39, 0.29) is 11.9 Å². The Morgan fingerprint density at radius 2 is 2.00 bits per heavy atom. The normalized spacial score (nSPS) is 17.3. The number of amides is 1. The number of carbonyl (C=O) groups excluding carboxylic acids is 1. The molecule has 0 saturated carbocycles. The molecule has 0 radical (unpaired) electrons. The van der Waals surface area contributed by atoms with Crippen LogP contribution in [0.25, 0.3) is 0 Å². The Kier molecular flexibility index (Phi) is 5.77. The molecule has 0 atom stereocenters. The van der Waals surface area contributed by atoms with Crippen molar-refractivity contribution >= 4 is 5.91 Å². The van der Waals surface area contributed by atoms with Crippen molar-refractivity contribution in [3.63, 3.8) is 0 Å². The molecule has 0 aromatic carbocycles. The summed E-state index contributed by atoms with van der Waals surface area (Å²) < 4.78 is 0. The Hall–Kier alpha value is -1.12. The van der Waals surface area contributed by atoms with Crippen LogP contribution in [0.1, 0.15) is 34.1 Å². The summed E-state index contributed by atoms with van der Waals surface area (Å²) >= 11 is 0. The fraction of sp³-hybridized carbons (Fsp3) is 0.857. The number of nitrogens with zero attached hydrogens (tertiary/aromatic N) is 3. The third-order valence-corrected chi connectivity index (χ3v) is 3.78. The van der Waals surface area contributed by atoms with Crippen molar-refractivity contribution in [1.82, 2.24) is 15.1 Å². The van der Waals surface area contributed by atoms with Crippen molar-refractivity contribution in [3.8, 4) is 6.07 Å². The molecular weight excluding hydrogens is 240 g/mol. The predicted molar refractivity (Wildman–Crippen MR) is 75.6 cm³/mol. The minimum absolute atomic E-state index is 0.125. The zero-order valence-electron chi connectivity index (χ0n) is 12.6. The Bertz CT molecular complexity index is 340. The SMILES string of the molecule is CC(C)N(CCC#N)C(=O)C(C)(C)N1CCNCC1. The summed E-state index contributed by atoms with van der Waals surface area (Å²) in [5.74, 6) is 0.125. The van der Waals surface area contributed by atoms with Crippen LogP contribution >= 0.6 is 0 Å². The van der Waals surface area contributed by atoms with Gasteiger partial charge in [-0.1, -0.05) is 0 Å². The molecule has 0 aromatic rings. The van der Waals surface area contributed by atoms with E-state index in [1.54, 1.807) is 0 Å². The van der Waals surface area contributed by atoms with E-state index in [2.05, 4.69) is 16.3 Å². The molecule has 0 aliphatic carbocycles. The molecule has 1 amide bonds. The van der Waals surface area contributed by atoms with Crippen molar-refractivity contribution in [2.24, 2.45) is 0 Å². The first-order chi connectivity index (χ1) is 8.91. The molecule has 5 heteroatoms. The second kappa shape index (κ2) is 6.88. The largest absolute Gasteiger partial charge is 0.338 e. The van der Waals surface area contributed by atoms with Crippen LogP contribution in [0.15, 0.2) is 0 Å². The number of hydrogen-bond donors (Lipinski definition) is 1. The molecule has 0 aromatic heterocycles. The Balaban J connectivity index is 2.78. The highest BCUT2D eigenvalue weighted by Gasteiger charge is 2.38. The van der Waals surface area contributed by atoms with Gasteiger partial charge in [0.25, 0.3) is 0 Å². The lowest BCUT2D eigenvalue weighted by atomic mass is 9.98. The maximum absolute atomic E-state index is 12.8. The number of nitrogens with one attached hydrogen (secondary N) is 1. The van der Waals surface area contributed by atoms with Crippen molar-refractivity contribution in [3.05, 3.63) is 0 Å². The second-order valence-corrected chi connectivity index (χ2v) is 5.80. The molecule has 108 valence electrons. The summed E-state index contributed by atoms with van der Waals surface area (Å²) in [7, 11) is 0. The smallest absolute Gasteiger partial charge is 0.242 e. The average molecular weight is 266 g/mol. The molecule has 0 bridgehead atoms. The fourth-order valence-electron chi connectivity index (χ4n) is 2.48. The molecule has 0 unspecified atom stereocenters. The summed E-state index contributed by atoms with van der Waals surface area (Å²) in [5, 5.41) is 12.0. The van der Waals surface area contributed by atoms with E-state index in [0.717, 1.165) is 26.2 Å². The highest BCUT2D eigenvalue weighted by Crippen LogP contribution is 2.20. The van der Waals surface area contributed by atoms with Crippen LogP contribution in [0, 0.1) is 11.3 Å². The summed E-state index contributed by atoms with van der Waals surface area (Å²) in [6.45, 7) is 12.1. The molecule has 1 aliphatic rings. The lowest BCUT2D eigenvalue weighted by Gasteiger charge is -2.43. The zero-order chi connectivity index (χ0) is 14.5. The van der Waals surface area contributed by atoms with Gasteiger partial charge < -0.3 is 10.2 Å². The number of rotatable bonds is 5. The number of piperazine rings is 1. The van der Waals surface area contributed by atoms with Crippen molar-refractivity contribution < 1.29 is 4.79 Å². The Morgan fingerprint density at radius 1 is 1.42 bits per heavy atom. The molecule has 1 rings (SSSR count). The molecule has 1 aliphatic heterocycles. The van der Waals surface area contributed by atoms with E-state index < -0.39 is 5.54 Å². The summed E-state index contributed by atoms with van der Waals surface area (Å²) in [5.41, 5.74) is -0.498. The topological polar surface area (TPSA) is 59.4 Å².